The summed E-state index contributed by atoms with van der Waals surface area (Å²) in [5.41, 5.74) is 5.62. The Morgan fingerprint density at radius 1 is 1.28 bits per heavy atom. The van der Waals surface area contributed by atoms with Crippen molar-refractivity contribution >= 4 is 11.9 Å². The zero-order valence-corrected chi connectivity index (χ0v) is 10.8. The Labute approximate surface area is 106 Å². The molecule has 1 saturated heterocycles. The highest BCUT2D eigenvalue weighted by atomic mass is 16.5. The molecule has 0 saturated carbocycles. The van der Waals surface area contributed by atoms with E-state index in [2.05, 4.69) is 15.0 Å². The zero-order valence-electron chi connectivity index (χ0n) is 10.8. The van der Waals surface area contributed by atoms with Crippen molar-refractivity contribution in [2.45, 2.75) is 12.8 Å². The summed E-state index contributed by atoms with van der Waals surface area (Å²) in [6.45, 7) is 2.20. The quantitative estimate of drug-likeness (QED) is 0.827. The summed E-state index contributed by atoms with van der Waals surface area (Å²) in [6, 6.07) is 0.290. The first kappa shape index (κ1) is 12.8. The first-order chi connectivity index (χ1) is 8.65. The molecule has 1 aromatic heterocycles. The van der Waals surface area contributed by atoms with Gasteiger partial charge in [-0.3, -0.25) is 0 Å². The largest absolute Gasteiger partial charge is 0.463 e. The van der Waals surface area contributed by atoms with Gasteiger partial charge < -0.3 is 20.1 Å². The summed E-state index contributed by atoms with van der Waals surface area (Å²) >= 11 is 0. The van der Waals surface area contributed by atoms with Crippen LogP contribution in [0.25, 0.3) is 0 Å². The van der Waals surface area contributed by atoms with Crippen LogP contribution in [0.2, 0.25) is 0 Å². The smallest absolute Gasteiger partial charge is 0.323 e. The molecule has 1 aliphatic heterocycles. The zero-order chi connectivity index (χ0) is 13.0. The van der Waals surface area contributed by atoms with Crippen LogP contribution in [-0.4, -0.2) is 48.9 Å². The minimum atomic E-state index is 0.177. The van der Waals surface area contributed by atoms with E-state index < -0.39 is 0 Å². The Kier molecular flexibility index (Phi) is 4.14. The standard InChI is InChI=1S/C11H19N5O2/c1-16(2)10-13-9(12)14-11(15-10)18-7-8-3-5-17-6-4-8/h8H,3-7H2,1-2H3,(H2,12,13,14,15). The summed E-state index contributed by atoms with van der Waals surface area (Å²) in [6.07, 6.45) is 2.03. The average molecular weight is 253 g/mol. The molecule has 2 heterocycles. The summed E-state index contributed by atoms with van der Waals surface area (Å²) in [5.74, 6) is 1.18. The fourth-order valence-electron chi connectivity index (χ4n) is 1.73. The van der Waals surface area contributed by atoms with Gasteiger partial charge in [0.05, 0.1) is 6.61 Å². The third kappa shape index (κ3) is 3.43. The molecule has 0 spiro atoms. The minimum absolute atomic E-state index is 0.177. The summed E-state index contributed by atoms with van der Waals surface area (Å²) in [7, 11) is 3.69. The lowest BCUT2D eigenvalue weighted by atomic mass is 10.0. The van der Waals surface area contributed by atoms with Crippen LogP contribution in [0.4, 0.5) is 11.9 Å². The van der Waals surface area contributed by atoms with E-state index in [0.717, 1.165) is 26.1 Å². The molecule has 0 amide bonds. The van der Waals surface area contributed by atoms with Crippen LogP contribution in [0.5, 0.6) is 6.01 Å². The highest BCUT2D eigenvalue weighted by Crippen LogP contribution is 2.17. The Morgan fingerprint density at radius 2 is 2.00 bits per heavy atom. The lowest BCUT2D eigenvalue weighted by molar-refractivity contribution is 0.0482. The van der Waals surface area contributed by atoms with Gasteiger partial charge >= 0.3 is 6.01 Å². The number of rotatable bonds is 4. The topological polar surface area (TPSA) is 86.4 Å². The normalized spacial score (nSPS) is 16.6. The highest BCUT2D eigenvalue weighted by molar-refractivity contribution is 5.33. The van der Waals surface area contributed by atoms with Gasteiger partial charge in [0.25, 0.3) is 0 Å². The summed E-state index contributed by atoms with van der Waals surface area (Å²) in [4.78, 5) is 13.9. The molecule has 1 aromatic rings. The molecule has 7 nitrogen and oxygen atoms in total. The monoisotopic (exact) mass is 253 g/mol. The van der Waals surface area contributed by atoms with Gasteiger partial charge in [-0.25, -0.2) is 0 Å². The van der Waals surface area contributed by atoms with E-state index in [1.54, 1.807) is 4.90 Å². The second kappa shape index (κ2) is 5.81. The average Bonchev–Trinajstić information content (AvgIpc) is 2.37. The van der Waals surface area contributed by atoms with Crippen LogP contribution in [-0.2, 0) is 4.74 Å². The number of anilines is 2. The maximum atomic E-state index is 5.62. The van der Waals surface area contributed by atoms with Crippen LogP contribution in [0, 0.1) is 5.92 Å². The van der Waals surface area contributed by atoms with Crippen molar-refractivity contribution in [2.75, 3.05) is 44.5 Å². The SMILES string of the molecule is CN(C)c1nc(N)nc(OCC2CCOCC2)n1. The molecule has 0 aromatic carbocycles. The van der Waals surface area contributed by atoms with Crippen molar-refractivity contribution in [3.63, 3.8) is 0 Å². The molecule has 7 heteroatoms. The van der Waals surface area contributed by atoms with Crippen molar-refractivity contribution in [2.24, 2.45) is 5.92 Å². The van der Waals surface area contributed by atoms with E-state index in [9.17, 15) is 0 Å². The molecular weight excluding hydrogens is 234 g/mol. The number of aromatic nitrogens is 3. The lowest BCUT2D eigenvalue weighted by Gasteiger charge is -2.21. The Morgan fingerprint density at radius 3 is 2.67 bits per heavy atom. The van der Waals surface area contributed by atoms with Crippen LogP contribution >= 0.6 is 0 Å². The van der Waals surface area contributed by atoms with E-state index >= 15 is 0 Å². The first-order valence-corrected chi connectivity index (χ1v) is 6.04. The fourth-order valence-corrected chi connectivity index (χ4v) is 1.73. The fraction of sp³-hybridized carbons (Fsp3) is 0.727. The first-order valence-electron chi connectivity index (χ1n) is 6.04. The van der Waals surface area contributed by atoms with Crippen molar-refractivity contribution in [3.05, 3.63) is 0 Å². The second-order valence-corrected chi connectivity index (χ2v) is 4.54. The molecule has 0 aliphatic carbocycles. The molecule has 0 atom stereocenters. The summed E-state index contributed by atoms with van der Waals surface area (Å²) < 4.78 is 10.9. The number of nitrogens with zero attached hydrogens (tertiary/aromatic N) is 4. The molecular formula is C11H19N5O2. The van der Waals surface area contributed by atoms with Crippen LogP contribution in [0.3, 0.4) is 0 Å². The number of ether oxygens (including phenoxy) is 2. The molecule has 2 rings (SSSR count). The van der Waals surface area contributed by atoms with Gasteiger partial charge in [0, 0.05) is 27.3 Å². The highest BCUT2D eigenvalue weighted by Gasteiger charge is 2.15. The van der Waals surface area contributed by atoms with Crippen LogP contribution in [0.1, 0.15) is 12.8 Å². The second-order valence-electron chi connectivity index (χ2n) is 4.54. The molecule has 2 N–H and O–H groups in total. The summed E-state index contributed by atoms with van der Waals surface area (Å²) in [5, 5.41) is 0. The van der Waals surface area contributed by atoms with Gasteiger partial charge in [-0.05, 0) is 18.8 Å². The van der Waals surface area contributed by atoms with Gasteiger partial charge in [-0.2, -0.15) is 15.0 Å². The molecule has 100 valence electrons. The van der Waals surface area contributed by atoms with E-state index in [0.29, 0.717) is 18.5 Å². The van der Waals surface area contributed by atoms with Gasteiger partial charge in [0.2, 0.25) is 11.9 Å². The van der Waals surface area contributed by atoms with Gasteiger partial charge in [0.15, 0.2) is 0 Å². The van der Waals surface area contributed by atoms with Crippen molar-refractivity contribution in [3.8, 4) is 6.01 Å². The van der Waals surface area contributed by atoms with Crippen LogP contribution < -0.4 is 15.4 Å². The van der Waals surface area contributed by atoms with Gasteiger partial charge in [-0.1, -0.05) is 0 Å². The molecule has 1 fully saturated rings. The number of nitrogen functional groups attached to an aromatic ring is 1. The Balaban J connectivity index is 1.95. The van der Waals surface area contributed by atoms with Crippen molar-refractivity contribution in [1.82, 2.24) is 15.0 Å². The van der Waals surface area contributed by atoms with E-state index in [-0.39, 0.29) is 12.0 Å². The van der Waals surface area contributed by atoms with E-state index in [1.165, 1.54) is 0 Å². The maximum Gasteiger partial charge on any atom is 0.323 e. The molecule has 18 heavy (non-hydrogen) atoms. The van der Waals surface area contributed by atoms with Crippen molar-refractivity contribution < 1.29 is 9.47 Å². The minimum Gasteiger partial charge on any atom is -0.463 e. The third-order valence-corrected chi connectivity index (χ3v) is 2.81. The maximum absolute atomic E-state index is 5.62. The molecule has 0 bridgehead atoms. The van der Waals surface area contributed by atoms with Crippen LogP contribution in [0.15, 0.2) is 0 Å². The lowest BCUT2D eigenvalue weighted by Crippen LogP contribution is -2.22. The number of hydrogen-bond donors (Lipinski definition) is 1. The molecule has 0 radical (unpaired) electrons. The number of hydrogen-bond acceptors (Lipinski definition) is 7. The Hall–Kier alpha value is -1.63. The number of nitrogens with two attached hydrogens (primary N) is 1. The van der Waals surface area contributed by atoms with Crippen molar-refractivity contribution in [1.29, 1.82) is 0 Å². The predicted octanol–water partition coefficient (Wildman–Crippen LogP) is 0.325. The third-order valence-electron chi connectivity index (χ3n) is 2.81. The Bertz CT molecular complexity index is 393. The van der Waals surface area contributed by atoms with Gasteiger partial charge in [-0.15, -0.1) is 0 Å². The van der Waals surface area contributed by atoms with Gasteiger partial charge in [0.1, 0.15) is 0 Å². The predicted molar refractivity (Wildman–Crippen MR) is 67.6 cm³/mol. The van der Waals surface area contributed by atoms with E-state index in [1.807, 2.05) is 14.1 Å². The molecule has 0 unspecified atom stereocenters. The molecule has 1 aliphatic rings. The van der Waals surface area contributed by atoms with E-state index in [4.69, 9.17) is 15.2 Å².